The third-order valence-electron chi connectivity index (χ3n) is 4.57. The number of nitrogens with zero attached hydrogens (tertiary/aromatic N) is 1. The van der Waals surface area contributed by atoms with E-state index < -0.39 is 11.8 Å². The van der Waals surface area contributed by atoms with Crippen molar-refractivity contribution < 1.29 is 9.59 Å². The maximum Gasteiger partial charge on any atom is 0.254 e. The summed E-state index contributed by atoms with van der Waals surface area (Å²) in [4.78, 5) is 24.6. The number of nitrogens with two attached hydrogens (primary N) is 1. The van der Waals surface area contributed by atoms with Crippen LogP contribution in [0.3, 0.4) is 0 Å². The molecular weight excluding hydrogens is 455 g/mol. The Morgan fingerprint density at radius 3 is 2.48 bits per heavy atom. The van der Waals surface area contributed by atoms with Crippen molar-refractivity contribution in [3.05, 3.63) is 86.0 Å². The first kappa shape index (κ1) is 22.8. The summed E-state index contributed by atoms with van der Waals surface area (Å²) < 4.78 is 0. The van der Waals surface area contributed by atoms with Gasteiger partial charge in [-0.05, 0) is 42.8 Å². The van der Waals surface area contributed by atoms with E-state index in [9.17, 15) is 14.9 Å². The van der Waals surface area contributed by atoms with Gasteiger partial charge in [-0.3, -0.25) is 9.59 Å². The van der Waals surface area contributed by atoms with E-state index in [0.29, 0.717) is 37.6 Å². The van der Waals surface area contributed by atoms with Gasteiger partial charge in [0.2, 0.25) is 5.91 Å². The zero-order chi connectivity index (χ0) is 22.5. The Morgan fingerprint density at radius 1 is 1.19 bits per heavy atom. The van der Waals surface area contributed by atoms with Crippen LogP contribution in [-0.2, 0) is 9.59 Å². The smallest absolute Gasteiger partial charge is 0.254 e. The van der Waals surface area contributed by atoms with Gasteiger partial charge in [0, 0.05) is 27.0 Å². The fourth-order valence-corrected chi connectivity index (χ4v) is 4.42. The summed E-state index contributed by atoms with van der Waals surface area (Å²) in [5, 5.41) is 17.3. The zero-order valence-electron chi connectivity index (χ0n) is 16.4. The molecule has 0 aliphatic carbocycles. The topological polar surface area (TPSA) is 108 Å². The second-order valence-electron chi connectivity index (χ2n) is 6.69. The first-order valence-electron chi connectivity index (χ1n) is 9.16. The highest BCUT2D eigenvalue weighted by Gasteiger charge is 2.35. The predicted octanol–water partition coefficient (Wildman–Crippen LogP) is 4.55. The van der Waals surface area contributed by atoms with E-state index in [1.165, 1.54) is 0 Å². The van der Waals surface area contributed by atoms with Crippen molar-refractivity contribution in [2.24, 2.45) is 5.73 Å². The SMILES string of the molecule is CC1=C(C(=O)Nc2ccc(Cl)cc2)[C@H](c2ccccc2Cl)C(C#N)=C(SCC(N)=O)N1. The van der Waals surface area contributed by atoms with Crippen molar-refractivity contribution in [2.75, 3.05) is 11.1 Å². The fourth-order valence-electron chi connectivity index (χ4n) is 3.22. The second-order valence-corrected chi connectivity index (χ2v) is 8.52. The summed E-state index contributed by atoms with van der Waals surface area (Å²) in [5.74, 6) is -1.63. The number of thioether (sulfide) groups is 1. The number of nitrogens with one attached hydrogen (secondary N) is 2. The number of carbonyl (C=O) groups is 2. The molecule has 1 aliphatic heterocycles. The largest absolute Gasteiger partial charge is 0.369 e. The molecule has 2 aromatic carbocycles. The van der Waals surface area contributed by atoms with Crippen LogP contribution in [-0.4, -0.2) is 17.6 Å². The van der Waals surface area contributed by atoms with Crippen molar-refractivity contribution in [1.29, 1.82) is 5.26 Å². The van der Waals surface area contributed by atoms with Crippen molar-refractivity contribution in [3.63, 3.8) is 0 Å². The number of hydrogen-bond donors (Lipinski definition) is 3. The standard InChI is InChI=1S/C22H18Cl2N4O2S/c1-12-19(21(30)28-14-8-6-13(23)7-9-14)20(15-4-2-3-5-17(15)24)16(10-25)22(27-12)31-11-18(26)29/h2-9,20,27H,11H2,1H3,(H2,26,29)(H,28,30)/t20-/m1/s1. The zero-order valence-corrected chi connectivity index (χ0v) is 18.7. The van der Waals surface area contributed by atoms with Crippen molar-refractivity contribution in [2.45, 2.75) is 12.8 Å². The first-order valence-corrected chi connectivity index (χ1v) is 10.9. The summed E-state index contributed by atoms with van der Waals surface area (Å²) in [5.41, 5.74) is 7.62. The summed E-state index contributed by atoms with van der Waals surface area (Å²) >= 11 is 13.5. The maximum atomic E-state index is 13.3. The van der Waals surface area contributed by atoms with Crippen molar-refractivity contribution in [1.82, 2.24) is 5.32 Å². The molecule has 1 aliphatic rings. The monoisotopic (exact) mass is 472 g/mol. The van der Waals surface area contributed by atoms with Crippen molar-refractivity contribution in [3.8, 4) is 6.07 Å². The molecular formula is C22H18Cl2N4O2S. The quantitative estimate of drug-likeness (QED) is 0.571. The molecule has 0 bridgehead atoms. The van der Waals surface area contributed by atoms with Crippen molar-refractivity contribution >= 4 is 52.5 Å². The molecule has 2 aromatic rings. The lowest BCUT2D eigenvalue weighted by Gasteiger charge is -2.30. The molecule has 31 heavy (non-hydrogen) atoms. The van der Waals surface area contributed by atoms with Crippen LogP contribution in [0.15, 0.2) is 70.4 Å². The van der Waals surface area contributed by atoms with Gasteiger partial charge in [-0.15, -0.1) is 0 Å². The number of halogens is 2. The van der Waals surface area contributed by atoms with E-state index in [1.54, 1.807) is 55.5 Å². The molecule has 2 amide bonds. The Bertz CT molecular complexity index is 1140. The Balaban J connectivity index is 2.07. The highest BCUT2D eigenvalue weighted by molar-refractivity contribution is 8.03. The third kappa shape index (κ3) is 5.23. The summed E-state index contributed by atoms with van der Waals surface area (Å²) in [7, 11) is 0. The number of dihydropyridines is 1. The van der Waals surface area contributed by atoms with Crippen LogP contribution < -0.4 is 16.4 Å². The molecule has 0 saturated carbocycles. The number of allylic oxidation sites excluding steroid dienone is 2. The Hall–Kier alpha value is -2.92. The van der Waals surface area contributed by atoms with Gasteiger partial charge in [-0.2, -0.15) is 5.26 Å². The Morgan fingerprint density at radius 2 is 1.87 bits per heavy atom. The van der Waals surface area contributed by atoms with E-state index >= 15 is 0 Å². The lowest BCUT2D eigenvalue weighted by Crippen LogP contribution is -2.31. The number of primary amides is 1. The molecule has 6 nitrogen and oxygen atoms in total. The van der Waals surface area contributed by atoms with Gasteiger partial charge < -0.3 is 16.4 Å². The number of anilines is 1. The Labute approximate surface area is 194 Å². The molecule has 0 saturated heterocycles. The van der Waals surface area contributed by atoms with Gasteiger partial charge in [0.1, 0.15) is 0 Å². The summed E-state index contributed by atoms with van der Waals surface area (Å²) in [6.07, 6.45) is 0. The molecule has 0 fully saturated rings. The van der Waals surface area contributed by atoms with Gasteiger partial charge >= 0.3 is 0 Å². The lowest BCUT2D eigenvalue weighted by molar-refractivity contribution is -0.115. The average molecular weight is 473 g/mol. The van der Waals surface area contributed by atoms with E-state index in [0.717, 1.165) is 11.8 Å². The van der Waals surface area contributed by atoms with Crippen LogP contribution in [0.5, 0.6) is 0 Å². The van der Waals surface area contributed by atoms with Gasteiger partial charge in [-0.25, -0.2) is 0 Å². The van der Waals surface area contributed by atoms with Crippen LogP contribution in [0.2, 0.25) is 10.0 Å². The molecule has 0 unspecified atom stereocenters. The third-order valence-corrected chi connectivity index (χ3v) is 6.20. The van der Waals surface area contributed by atoms with Crippen LogP contribution in [0.4, 0.5) is 5.69 Å². The Kier molecular flexibility index (Phi) is 7.29. The minimum Gasteiger partial charge on any atom is -0.369 e. The molecule has 0 radical (unpaired) electrons. The highest BCUT2D eigenvalue weighted by atomic mass is 35.5. The van der Waals surface area contributed by atoms with E-state index in [2.05, 4.69) is 16.7 Å². The van der Waals surface area contributed by atoms with Gasteiger partial charge in [0.05, 0.1) is 28.3 Å². The van der Waals surface area contributed by atoms with Gasteiger partial charge in [0.25, 0.3) is 5.91 Å². The van der Waals surface area contributed by atoms with Crippen LogP contribution in [0.25, 0.3) is 0 Å². The minimum atomic E-state index is -0.720. The number of carbonyl (C=O) groups excluding carboxylic acids is 2. The first-order chi connectivity index (χ1) is 14.8. The average Bonchev–Trinajstić information content (AvgIpc) is 2.73. The molecule has 9 heteroatoms. The van der Waals surface area contributed by atoms with E-state index in [1.807, 2.05) is 0 Å². The van der Waals surface area contributed by atoms with Crippen LogP contribution >= 0.6 is 35.0 Å². The van der Waals surface area contributed by atoms with Gasteiger partial charge in [0.15, 0.2) is 0 Å². The predicted molar refractivity (Wildman–Crippen MR) is 124 cm³/mol. The molecule has 158 valence electrons. The summed E-state index contributed by atoms with van der Waals surface area (Å²) in [6, 6.07) is 15.9. The molecule has 4 N–H and O–H groups in total. The lowest BCUT2D eigenvalue weighted by atomic mass is 9.82. The highest BCUT2D eigenvalue weighted by Crippen LogP contribution is 2.43. The molecule has 1 atom stereocenters. The minimum absolute atomic E-state index is 0.0116. The molecule has 1 heterocycles. The van der Waals surface area contributed by atoms with E-state index in [-0.39, 0.29) is 17.2 Å². The number of amides is 2. The molecule has 0 aromatic heterocycles. The number of hydrogen-bond acceptors (Lipinski definition) is 5. The van der Waals surface area contributed by atoms with Crippen LogP contribution in [0.1, 0.15) is 18.4 Å². The molecule has 3 rings (SSSR count). The molecule has 0 spiro atoms. The van der Waals surface area contributed by atoms with Gasteiger partial charge in [-0.1, -0.05) is 53.2 Å². The second kappa shape index (κ2) is 9.92. The number of rotatable bonds is 6. The maximum absolute atomic E-state index is 13.3. The summed E-state index contributed by atoms with van der Waals surface area (Å²) in [6.45, 7) is 1.74. The number of benzene rings is 2. The number of nitriles is 1. The normalized spacial score (nSPS) is 15.9. The van der Waals surface area contributed by atoms with E-state index in [4.69, 9.17) is 28.9 Å². The van der Waals surface area contributed by atoms with Crippen LogP contribution in [0, 0.1) is 11.3 Å². The fraction of sp³-hybridized carbons (Fsp3) is 0.136.